The Morgan fingerprint density at radius 2 is 2.23 bits per heavy atom. The first kappa shape index (κ1) is 10.2. The maximum Gasteiger partial charge on any atom is 0.0392 e. The van der Waals surface area contributed by atoms with Crippen molar-refractivity contribution >= 4 is 6.21 Å². The maximum atomic E-state index is 4.38. The molecule has 0 aromatic heterocycles. The van der Waals surface area contributed by atoms with Crippen molar-refractivity contribution in [1.82, 2.24) is 0 Å². The maximum absolute atomic E-state index is 4.38. The van der Waals surface area contributed by atoms with Crippen molar-refractivity contribution in [3.8, 4) is 0 Å². The second-order valence-corrected chi connectivity index (χ2v) is 3.80. The van der Waals surface area contributed by atoms with Gasteiger partial charge in [-0.25, -0.2) is 0 Å². The molecule has 0 amide bonds. The largest absolute Gasteiger partial charge is 0.293 e. The standard InChI is InChI=1S/C12H19N/c1-4-11-6-5-7-13-9-12(8-11)10(2)3/h4,8-10H,5-7H2,1-3H3/b11-4+,12-8+,13-9-. The van der Waals surface area contributed by atoms with Gasteiger partial charge in [-0.15, -0.1) is 0 Å². The van der Waals surface area contributed by atoms with Gasteiger partial charge in [0.25, 0.3) is 0 Å². The molecule has 0 N–H and O–H groups in total. The van der Waals surface area contributed by atoms with Gasteiger partial charge in [0.2, 0.25) is 0 Å². The van der Waals surface area contributed by atoms with Gasteiger partial charge in [-0.1, -0.05) is 31.6 Å². The van der Waals surface area contributed by atoms with Crippen molar-refractivity contribution in [3.05, 3.63) is 23.3 Å². The Morgan fingerprint density at radius 3 is 2.85 bits per heavy atom. The van der Waals surface area contributed by atoms with E-state index >= 15 is 0 Å². The minimum Gasteiger partial charge on any atom is -0.293 e. The molecule has 0 spiro atoms. The zero-order chi connectivity index (χ0) is 9.68. The highest BCUT2D eigenvalue weighted by molar-refractivity contribution is 5.80. The fourth-order valence-corrected chi connectivity index (χ4v) is 1.41. The molecule has 0 radical (unpaired) electrons. The Hall–Kier alpha value is -0.850. The van der Waals surface area contributed by atoms with Crippen molar-refractivity contribution < 1.29 is 0 Å². The van der Waals surface area contributed by atoms with E-state index in [-0.39, 0.29) is 0 Å². The van der Waals surface area contributed by atoms with Gasteiger partial charge in [0, 0.05) is 12.8 Å². The first-order valence-electron chi connectivity index (χ1n) is 5.10. The zero-order valence-electron chi connectivity index (χ0n) is 8.88. The summed E-state index contributed by atoms with van der Waals surface area (Å²) in [6.07, 6.45) is 8.88. The summed E-state index contributed by atoms with van der Waals surface area (Å²) >= 11 is 0. The Balaban J connectivity index is 2.87. The van der Waals surface area contributed by atoms with Crippen LogP contribution in [0, 0.1) is 5.92 Å². The van der Waals surface area contributed by atoms with Crippen molar-refractivity contribution in [2.24, 2.45) is 10.9 Å². The van der Waals surface area contributed by atoms with Crippen LogP contribution in [0.3, 0.4) is 0 Å². The highest BCUT2D eigenvalue weighted by Gasteiger charge is 2.03. The monoisotopic (exact) mass is 177 g/mol. The van der Waals surface area contributed by atoms with E-state index in [9.17, 15) is 0 Å². The average Bonchev–Trinajstić information content (AvgIpc) is 2.03. The first-order chi connectivity index (χ1) is 6.24. The van der Waals surface area contributed by atoms with E-state index in [2.05, 4.69) is 37.9 Å². The molecule has 0 aromatic carbocycles. The number of allylic oxidation sites excluding steroid dienone is 4. The summed E-state index contributed by atoms with van der Waals surface area (Å²) in [6, 6.07) is 0. The second-order valence-electron chi connectivity index (χ2n) is 3.80. The quantitative estimate of drug-likeness (QED) is 0.582. The van der Waals surface area contributed by atoms with Crippen LogP contribution in [-0.2, 0) is 0 Å². The van der Waals surface area contributed by atoms with Gasteiger partial charge >= 0.3 is 0 Å². The minimum absolute atomic E-state index is 0.580. The van der Waals surface area contributed by atoms with Crippen LogP contribution in [0.1, 0.15) is 33.6 Å². The van der Waals surface area contributed by atoms with Crippen LogP contribution in [-0.4, -0.2) is 12.8 Å². The normalized spacial score (nSPS) is 28.0. The highest BCUT2D eigenvalue weighted by atomic mass is 14.7. The third kappa shape index (κ3) is 3.17. The molecule has 13 heavy (non-hydrogen) atoms. The number of aliphatic imine (C=N–C) groups is 1. The van der Waals surface area contributed by atoms with E-state index < -0.39 is 0 Å². The van der Waals surface area contributed by atoms with E-state index in [4.69, 9.17) is 0 Å². The first-order valence-corrected chi connectivity index (χ1v) is 5.10. The molecule has 0 aliphatic carbocycles. The van der Waals surface area contributed by atoms with Gasteiger partial charge < -0.3 is 0 Å². The van der Waals surface area contributed by atoms with Gasteiger partial charge in [-0.2, -0.15) is 0 Å². The van der Waals surface area contributed by atoms with Crippen molar-refractivity contribution in [2.75, 3.05) is 6.54 Å². The molecule has 1 rings (SSSR count). The summed E-state index contributed by atoms with van der Waals surface area (Å²) < 4.78 is 0. The third-order valence-corrected chi connectivity index (χ3v) is 2.38. The van der Waals surface area contributed by atoms with E-state index in [1.54, 1.807) is 0 Å². The average molecular weight is 177 g/mol. The SMILES string of the molecule is C/C=C1/C=C(C(C)C)\C=N/CCC1. The van der Waals surface area contributed by atoms with Crippen LogP contribution >= 0.6 is 0 Å². The fraction of sp³-hybridized carbons (Fsp3) is 0.583. The molecular formula is C12H19N. The second kappa shape index (κ2) is 5.00. The summed E-state index contributed by atoms with van der Waals surface area (Å²) in [4.78, 5) is 4.38. The molecule has 1 nitrogen and oxygen atoms in total. The molecule has 0 saturated carbocycles. The van der Waals surface area contributed by atoms with Crippen molar-refractivity contribution in [3.63, 3.8) is 0 Å². The fourth-order valence-electron chi connectivity index (χ4n) is 1.41. The van der Waals surface area contributed by atoms with E-state index in [0.29, 0.717) is 5.92 Å². The molecular weight excluding hydrogens is 158 g/mol. The lowest BCUT2D eigenvalue weighted by Crippen LogP contribution is -2.00. The van der Waals surface area contributed by atoms with E-state index in [1.807, 2.05) is 6.21 Å². The Kier molecular flexibility index (Phi) is 3.94. The summed E-state index contributed by atoms with van der Waals surface area (Å²) in [6.45, 7) is 7.52. The van der Waals surface area contributed by atoms with E-state index in [1.165, 1.54) is 24.0 Å². The number of nitrogens with zero attached hydrogens (tertiary/aromatic N) is 1. The van der Waals surface area contributed by atoms with Crippen molar-refractivity contribution in [1.29, 1.82) is 0 Å². The Morgan fingerprint density at radius 1 is 1.46 bits per heavy atom. The summed E-state index contributed by atoms with van der Waals surface area (Å²) in [5.74, 6) is 0.580. The topological polar surface area (TPSA) is 12.4 Å². The lowest BCUT2D eigenvalue weighted by molar-refractivity contribution is 0.783. The Bertz CT molecular complexity index is 244. The molecule has 0 fully saturated rings. The smallest absolute Gasteiger partial charge is 0.0392 e. The van der Waals surface area contributed by atoms with Gasteiger partial charge in [0.15, 0.2) is 0 Å². The van der Waals surface area contributed by atoms with Gasteiger partial charge in [-0.05, 0) is 31.3 Å². The van der Waals surface area contributed by atoms with Crippen LogP contribution in [0.15, 0.2) is 28.3 Å². The van der Waals surface area contributed by atoms with Gasteiger partial charge in [-0.3, -0.25) is 4.99 Å². The van der Waals surface area contributed by atoms with Crippen LogP contribution in [0.5, 0.6) is 0 Å². The molecule has 1 aliphatic heterocycles. The Labute approximate surface area is 81.3 Å². The summed E-state index contributed by atoms with van der Waals surface area (Å²) in [5, 5.41) is 0. The summed E-state index contributed by atoms with van der Waals surface area (Å²) in [7, 11) is 0. The molecule has 1 heteroatoms. The van der Waals surface area contributed by atoms with Gasteiger partial charge in [0.1, 0.15) is 0 Å². The molecule has 0 saturated heterocycles. The molecule has 1 aliphatic rings. The predicted molar refractivity (Wildman–Crippen MR) is 59.3 cm³/mol. The molecule has 0 unspecified atom stereocenters. The van der Waals surface area contributed by atoms with Crippen LogP contribution in [0.25, 0.3) is 0 Å². The van der Waals surface area contributed by atoms with Crippen molar-refractivity contribution in [2.45, 2.75) is 33.6 Å². The molecule has 72 valence electrons. The van der Waals surface area contributed by atoms with E-state index in [0.717, 1.165) is 6.54 Å². The lowest BCUT2D eigenvalue weighted by Gasteiger charge is -2.10. The number of rotatable bonds is 1. The molecule has 0 atom stereocenters. The molecule has 0 aromatic rings. The molecule has 1 heterocycles. The third-order valence-electron chi connectivity index (χ3n) is 2.38. The van der Waals surface area contributed by atoms with Crippen LogP contribution < -0.4 is 0 Å². The minimum atomic E-state index is 0.580. The number of hydrogen-bond donors (Lipinski definition) is 0. The molecule has 0 bridgehead atoms. The van der Waals surface area contributed by atoms with Crippen LogP contribution in [0.2, 0.25) is 0 Å². The predicted octanol–water partition coefficient (Wildman–Crippen LogP) is 3.38. The zero-order valence-corrected chi connectivity index (χ0v) is 8.88. The summed E-state index contributed by atoms with van der Waals surface area (Å²) in [5.41, 5.74) is 2.81. The number of hydrogen-bond acceptors (Lipinski definition) is 1. The van der Waals surface area contributed by atoms with Gasteiger partial charge in [0.05, 0.1) is 0 Å². The lowest BCUT2D eigenvalue weighted by atomic mass is 9.98. The highest BCUT2D eigenvalue weighted by Crippen LogP contribution is 2.16. The van der Waals surface area contributed by atoms with Crippen LogP contribution in [0.4, 0.5) is 0 Å².